The Labute approximate surface area is 123 Å². The van der Waals surface area contributed by atoms with Crippen LogP contribution in [0.3, 0.4) is 0 Å². The zero-order valence-electron chi connectivity index (χ0n) is 13.3. The maximum atomic E-state index is 12.2. The summed E-state index contributed by atoms with van der Waals surface area (Å²) < 4.78 is 4.99. The third-order valence-corrected chi connectivity index (χ3v) is 4.00. The largest absolute Gasteiger partial charge is 0.385 e. The first kappa shape index (κ1) is 17.4. The van der Waals surface area contributed by atoms with Gasteiger partial charge in [-0.05, 0) is 39.3 Å². The van der Waals surface area contributed by atoms with Gasteiger partial charge in [0, 0.05) is 32.8 Å². The van der Waals surface area contributed by atoms with Crippen LogP contribution >= 0.6 is 0 Å². The summed E-state index contributed by atoms with van der Waals surface area (Å²) in [7, 11) is 1.68. The molecule has 1 saturated heterocycles. The number of nitrogens with zero attached hydrogens (tertiary/aromatic N) is 1. The van der Waals surface area contributed by atoms with E-state index in [4.69, 9.17) is 4.74 Å². The van der Waals surface area contributed by atoms with Crippen molar-refractivity contribution in [3.8, 4) is 0 Å². The van der Waals surface area contributed by atoms with E-state index in [2.05, 4.69) is 22.5 Å². The normalized spacial score (nSPS) is 21.6. The maximum absolute atomic E-state index is 12.2. The molecule has 2 N–H and O–H groups in total. The highest BCUT2D eigenvalue weighted by molar-refractivity contribution is 5.81. The van der Waals surface area contributed by atoms with Gasteiger partial charge in [-0.3, -0.25) is 9.69 Å². The van der Waals surface area contributed by atoms with Gasteiger partial charge in [0.05, 0.1) is 6.04 Å². The number of piperidine rings is 1. The molecule has 1 amide bonds. The number of rotatable bonds is 9. The molecule has 0 aliphatic carbocycles. The van der Waals surface area contributed by atoms with E-state index in [0.717, 1.165) is 26.1 Å². The lowest BCUT2D eigenvalue weighted by Gasteiger charge is -2.39. The Morgan fingerprint density at radius 1 is 1.45 bits per heavy atom. The number of ether oxygens (including phenoxy) is 1. The van der Waals surface area contributed by atoms with E-state index in [9.17, 15) is 4.79 Å². The van der Waals surface area contributed by atoms with Crippen molar-refractivity contribution < 1.29 is 9.53 Å². The van der Waals surface area contributed by atoms with Crippen LogP contribution in [0.5, 0.6) is 0 Å². The van der Waals surface area contributed by atoms with Gasteiger partial charge in [-0.2, -0.15) is 0 Å². The summed E-state index contributed by atoms with van der Waals surface area (Å²) in [6.07, 6.45) is 4.53. The van der Waals surface area contributed by atoms with Gasteiger partial charge >= 0.3 is 0 Å². The summed E-state index contributed by atoms with van der Waals surface area (Å²) in [5.74, 6) is 0.143. The standard InChI is InChI=1S/C15H31N3O2/c1-4-16-12-14-8-5-6-10-18(14)13(2)15(19)17-9-7-11-20-3/h13-14,16H,4-12H2,1-3H3,(H,17,19). The minimum absolute atomic E-state index is 0.0403. The van der Waals surface area contributed by atoms with E-state index < -0.39 is 0 Å². The van der Waals surface area contributed by atoms with Gasteiger partial charge < -0.3 is 15.4 Å². The van der Waals surface area contributed by atoms with E-state index in [-0.39, 0.29) is 11.9 Å². The number of likely N-dealkylation sites (tertiary alicyclic amines) is 1. The molecule has 0 radical (unpaired) electrons. The average molecular weight is 285 g/mol. The van der Waals surface area contributed by atoms with Crippen LogP contribution in [0.15, 0.2) is 0 Å². The zero-order valence-corrected chi connectivity index (χ0v) is 13.3. The maximum Gasteiger partial charge on any atom is 0.237 e. The van der Waals surface area contributed by atoms with Crippen LogP contribution in [0.25, 0.3) is 0 Å². The Balaban J connectivity index is 2.40. The number of likely N-dealkylation sites (N-methyl/N-ethyl adjacent to an activating group) is 1. The molecule has 2 atom stereocenters. The van der Waals surface area contributed by atoms with E-state index in [1.165, 1.54) is 19.3 Å². The molecule has 0 spiro atoms. The summed E-state index contributed by atoms with van der Waals surface area (Å²) in [6.45, 7) is 8.54. The van der Waals surface area contributed by atoms with E-state index in [1.807, 2.05) is 6.92 Å². The van der Waals surface area contributed by atoms with Gasteiger partial charge in [0.25, 0.3) is 0 Å². The quantitative estimate of drug-likeness (QED) is 0.620. The number of carbonyl (C=O) groups is 1. The van der Waals surface area contributed by atoms with Crippen molar-refractivity contribution >= 4 is 5.91 Å². The van der Waals surface area contributed by atoms with Crippen LogP contribution in [-0.4, -0.2) is 62.8 Å². The fourth-order valence-electron chi connectivity index (χ4n) is 2.79. The van der Waals surface area contributed by atoms with E-state index in [1.54, 1.807) is 7.11 Å². The predicted octanol–water partition coefficient (Wildman–Crippen LogP) is 0.992. The molecule has 2 unspecified atom stereocenters. The van der Waals surface area contributed by atoms with Crippen molar-refractivity contribution in [1.82, 2.24) is 15.5 Å². The molecule has 0 saturated carbocycles. The number of carbonyl (C=O) groups excluding carboxylic acids is 1. The number of methoxy groups -OCH3 is 1. The lowest BCUT2D eigenvalue weighted by Crippen LogP contribution is -2.54. The first-order valence-electron chi connectivity index (χ1n) is 7.93. The van der Waals surface area contributed by atoms with Crippen LogP contribution in [-0.2, 0) is 9.53 Å². The van der Waals surface area contributed by atoms with Crippen LogP contribution < -0.4 is 10.6 Å². The Kier molecular flexibility index (Phi) is 8.82. The van der Waals surface area contributed by atoms with Gasteiger partial charge in [-0.1, -0.05) is 13.3 Å². The van der Waals surface area contributed by atoms with Gasteiger partial charge in [0.1, 0.15) is 0 Å². The first-order chi connectivity index (χ1) is 9.70. The highest BCUT2D eigenvalue weighted by atomic mass is 16.5. The monoisotopic (exact) mass is 285 g/mol. The second-order valence-electron chi connectivity index (χ2n) is 5.51. The summed E-state index contributed by atoms with van der Waals surface area (Å²) in [4.78, 5) is 14.6. The van der Waals surface area contributed by atoms with Gasteiger partial charge in [-0.15, -0.1) is 0 Å². The van der Waals surface area contributed by atoms with Crippen LogP contribution in [0, 0.1) is 0 Å². The molecule has 20 heavy (non-hydrogen) atoms. The predicted molar refractivity (Wildman–Crippen MR) is 81.9 cm³/mol. The Morgan fingerprint density at radius 3 is 2.95 bits per heavy atom. The SMILES string of the molecule is CCNCC1CCCCN1C(C)C(=O)NCCCOC. The summed E-state index contributed by atoms with van der Waals surface area (Å²) in [6, 6.07) is 0.449. The molecule has 1 fully saturated rings. The Hall–Kier alpha value is -0.650. The van der Waals surface area contributed by atoms with Gasteiger partial charge in [0.15, 0.2) is 0 Å². The van der Waals surface area contributed by atoms with Crippen molar-refractivity contribution in [3.63, 3.8) is 0 Å². The second-order valence-corrected chi connectivity index (χ2v) is 5.51. The highest BCUT2D eigenvalue weighted by Gasteiger charge is 2.29. The summed E-state index contributed by atoms with van der Waals surface area (Å²) >= 11 is 0. The van der Waals surface area contributed by atoms with Crippen molar-refractivity contribution in [2.24, 2.45) is 0 Å². The number of nitrogens with one attached hydrogen (secondary N) is 2. The van der Waals surface area contributed by atoms with Crippen molar-refractivity contribution in [3.05, 3.63) is 0 Å². The minimum atomic E-state index is -0.0403. The highest BCUT2D eigenvalue weighted by Crippen LogP contribution is 2.19. The first-order valence-corrected chi connectivity index (χ1v) is 7.93. The topological polar surface area (TPSA) is 53.6 Å². The molecule has 1 aliphatic rings. The molecular weight excluding hydrogens is 254 g/mol. The zero-order chi connectivity index (χ0) is 14.8. The summed E-state index contributed by atoms with van der Waals surface area (Å²) in [5.41, 5.74) is 0. The molecule has 1 heterocycles. The Morgan fingerprint density at radius 2 is 2.25 bits per heavy atom. The van der Waals surface area contributed by atoms with E-state index >= 15 is 0 Å². The fourth-order valence-corrected chi connectivity index (χ4v) is 2.79. The molecule has 0 aromatic rings. The molecule has 0 bridgehead atoms. The molecule has 5 nitrogen and oxygen atoms in total. The number of hydrogen-bond acceptors (Lipinski definition) is 4. The molecule has 5 heteroatoms. The molecule has 1 aliphatic heterocycles. The second kappa shape index (κ2) is 10.1. The molecule has 1 rings (SSSR count). The fraction of sp³-hybridized carbons (Fsp3) is 0.933. The minimum Gasteiger partial charge on any atom is -0.385 e. The van der Waals surface area contributed by atoms with Crippen molar-refractivity contribution in [1.29, 1.82) is 0 Å². The lowest BCUT2D eigenvalue weighted by molar-refractivity contribution is -0.127. The third kappa shape index (κ3) is 5.77. The Bertz CT molecular complexity index is 274. The third-order valence-electron chi connectivity index (χ3n) is 4.00. The van der Waals surface area contributed by atoms with E-state index in [0.29, 0.717) is 19.2 Å². The average Bonchev–Trinajstić information content (AvgIpc) is 2.49. The summed E-state index contributed by atoms with van der Waals surface area (Å²) in [5, 5.41) is 6.42. The molecular formula is C15H31N3O2. The van der Waals surface area contributed by atoms with Gasteiger partial charge in [0.2, 0.25) is 5.91 Å². The van der Waals surface area contributed by atoms with Crippen molar-refractivity contribution in [2.75, 3.05) is 39.9 Å². The van der Waals surface area contributed by atoms with Gasteiger partial charge in [-0.25, -0.2) is 0 Å². The number of amides is 1. The van der Waals surface area contributed by atoms with Crippen molar-refractivity contribution in [2.45, 2.75) is 51.6 Å². The van der Waals surface area contributed by atoms with Crippen LogP contribution in [0.1, 0.15) is 39.5 Å². The smallest absolute Gasteiger partial charge is 0.237 e. The molecule has 118 valence electrons. The lowest BCUT2D eigenvalue weighted by atomic mass is 9.99. The molecule has 0 aromatic carbocycles. The number of hydrogen-bond donors (Lipinski definition) is 2. The van der Waals surface area contributed by atoms with Crippen LogP contribution in [0.4, 0.5) is 0 Å². The van der Waals surface area contributed by atoms with Crippen LogP contribution in [0.2, 0.25) is 0 Å². The molecule has 0 aromatic heterocycles.